The molecule has 0 saturated heterocycles. The summed E-state index contributed by atoms with van der Waals surface area (Å²) in [6.45, 7) is 0. The molecule has 0 bridgehead atoms. The van der Waals surface area contributed by atoms with Crippen molar-refractivity contribution in [1.29, 1.82) is 0 Å². The van der Waals surface area contributed by atoms with Crippen molar-refractivity contribution in [3.05, 3.63) is 62.9 Å². The highest BCUT2D eigenvalue weighted by atomic mass is 35.5. The van der Waals surface area contributed by atoms with Crippen molar-refractivity contribution in [3.8, 4) is 5.75 Å². The lowest BCUT2D eigenvalue weighted by molar-refractivity contribution is -0.385. The van der Waals surface area contributed by atoms with Gasteiger partial charge in [0.2, 0.25) is 5.75 Å². The number of anilines is 1. The van der Waals surface area contributed by atoms with Crippen molar-refractivity contribution in [1.82, 2.24) is 0 Å². The number of nitrogens with one attached hydrogen (secondary N) is 1. The zero-order valence-electron chi connectivity index (χ0n) is 10.5. The summed E-state index contributed by atoms with van der Waals surface area (Å²) < 4.78 is 12.7. The molecule has 8 heteroatoms. The second kappa shape index (κ2) is 6.19. The van der Waals surface area contributed by atoms with Crippen LogP contribution in [-0.2, 0) is 0 Å². The van der Waals surface area contributed by atoms with Crippen molar-refractivity contribution in [3.63, 3.8) is 0 Å². The van der Waals surface area contributed by atoms with Gasteiger partial charge in [0.25, 0.3) is 0 Å². The van der Waals surface area contributed by atoms with E-state index in [1.165, 1.54) is 36.5 Å². The first-order valence-electron chi connectivity index (χ1n) is 5.69. The Morgan fingerprint density at radius 2 is 2.00 bits per heavy atom. The van der Waals surface area contributed by atoms with Crippen molar-refractivity contribution < 1.29 is 14.4 Å². The maximum Gasteiger partial charge on any atom is 0.312 e. The summed E-state index contributed by atoms with van der Waals surface area (Å²) in [5, 5.41) is 24.4. The molecule has 0 saturated carbocycles. The van der Waals surface area contributed by atoms with Crippen LogP contribution in [0, 0.1) is 15.9 Å². The Hall–Kier alpha value is -2.67. The quantitative estimate of drug-likeness (QED) is 0.513. The molecule has 0 aromatic heterocycles. The molecule has 0 unspecified atom stereocenters. The van der Waals surface area contributed by atoms with Crippen molar-refractivity contribution in [2.24, 2.45) is 5.10 Å². The van der Waals surface area contributed by atoms with Crippen LogP contribution in [0.2, 0.25) is 5.02 Å². The normalized spacial score (nSPS) is 10.8. The minimum absolute atomic E-state index is 0.0869. The molecule has 6 nitrogen and oxygen atoms in total. The number of rotatable bonds is 4. The molecule has 0 fully saturated rings. The van der Waals surface area contributed by atoms with Crippen LogP contribution in [-0.4, -0.2) is 16.2 Å². The van der Waals surface area contributed by atoms with E-state index in [1.807, 2.05) is 0 Å². The largest absolute Gasteiger partial charge is 0.502 e. The van der Waals surface area contributed by atoms with Crippen LogP contribution >= 0.6 is 11.6 Å². The second-order valence-electron chi connectivity index (χ2n) is 4.00. The number of hydrazone groups is 1. The minimum Gasteiger partial charge on any atom is -0.502 e. The van der Waals surface area contributed by atoms with Crippen LogP contribution < -0.4 is 5.43 Å². The number of phenolic OH excluding ortho intramolecular Hbond substituents is 1. The fourth-order valence-electron chi connectivity index (χ4n) is 1.54. The Morgan fingerprint density at radius 1 is 1.33 bits per heavy atom. The molecule has 2 aromatic carbocycles. The van der Waals surface area contributed by atoms with E-state index in [1.54, 1.807) is 0 Å². The first kappa shape index (κ1) is 14.7. The van der Waals surface area contributed by atoms with Gasteiger partial charge in [-0.1, -0.05) is 11.6 Å². The Morgan fingerprint density at radius 3 is 2.62 bits per heavy atom. The number of nitro benzene ring substituents is 1. The van der Waals surface area contributed by atoms with Crippen LogP contribution in [0.1, 0.15) is 5.56 Å². The summed E-state index contributed by atoms with van der Waals surface area (Å²) in [5.41, 5.74) is 2.69. The summed E-state index contributed by atoms with van der Waals surface area (Å²) in [6.07, 6.45) is 1.18. The van der Waals surface area contributed by atoms with Gasteiger partial charge in [-0.25, -0.2) is 4.39 Å². The average molecular weight is 310 g/mol. The molecule has 21 heavy (non-hydrogen) atoms. The first-order valence-corrected chi connectivity index (χ1v) is 6.06. The van der Waals surface area contributed by atoms with E-state index in [-0.39, 0.29) is 16.4 Å². The van der Waals surface area contributed by atoms with Gasteiger partial charge >= 0.3 is 5.69 Å². The molecule has 0 heterocycles. The minimum atomic E-state index is -0.744. The molecule has 108 valence electrons. The lowest BCUT2D eigenvalue weighted by atomic mass is 10.2. The molecule has 0 amide bonds. The van der Waals surface area contributed by atoms with Gasteiger partial charge in [0.1, 0.15) is 5.82 Å². The summed E-state index contributed by atoms with van der Waals surface area (Å²) >= 11 is 5.74. The van der Waals surface area contributed by atoms with Gasteiger partial charge in [-0.05, 0) is 30.3 Å². The van der Waals surface area contributed by atoms with Gasteiger partial charge < -0.3 is 5.11 Å². The van der Waals surface area contributed by atoms with Crippen LogP contribution in [0.5, 0.6) is 5.75 Å². The Balaban J connectivity index is 2.21. The van der Waals surface area contributed by atoms with Crippen molar-refractivity contribution >= 4 is 29.2 Å². The highest BCUT2D eigenvalue weighted by Crippen LogP contribution is 2.32. The average Bonchev–Trinajstić information content (AvgIpc) is 2.44. The summed E-state index contributed by atoms with van der Waals surface area (Å²) in [5.74, 6) is -0.915. The van der Waals surface area contributed by atoms with E-state index >= 15 is 0 Å². The van der Waals surface area contributed by atoms with Crippen molar-refractivity contribution in [2.45, 2.75) is 0 Å². The van der Waals surface area contributed by atoms with E-state index < -0.39 is 16.4 Å². The monoisotopic (exact) mass is 309 g/mol. The third-order valence-corrected chi connectivity index (χ3v) is 2.74. The number of benzene rings is 2. The summed E-state index contributed by atoms with van der Waals surface area (Å²) in [4.78, 5) is 10.0. The Bertz CT molecular complexity index is 705. The smallest absolute Gasteiger partial charge is 0.312 e. The van der Waals surface area contributed by atoms with Crippen LogP contribution in [0.15, 0.2) is 41.5 Å². The number of aromatic hydroxyl groups is 1. The van der Waals surface area contributed by atoms with Crippen LogP contribution in [0.25, 0.3) is 0 Å². The van der Waals surface area contributed by atoms with Gasteiger partial charge in [0.05, 0.1) is 16.8 Å². The van der Waals surface area contributed by atoms with E-state index in [4.69, 9.17) is 11.6 Å². The predicted octanol–water partition coefficient (Wildman–Crippen LogP) is 3.54. The molecule has 0 aliphatic heterocycles. The van der Waals surface area contributed by atoms with E-state index in [9.17, 15) is 19.6 Å². The third-order valence-electron chi connectivity index (χ3n) is 2.52. The number of hydrogen-bond donors (Lipinski definition) is 2. The van der Waals surface area contributed by atoms with Crippen LogP contribution in [0.3, 0.4) is 0 Å². The third kappa shape index (κ3) is 3.67. The maximum absolute atomic E-state index is 12.7. The SMILES string of the molecule is O=[N+]([O-])c1cc(Cl)cc(/C=N\Nc2ccc(F)cc2)c1O. The lowest BCUT2D eigenvalue weighted by Crippen LogP contribution is -1.95. The summed E-state index contributed by atoms with van der Waals surface area (Å²) in [7, 11) is 0. The van der Waals surface area contributed by atoms with Gasteiger partial charge in [-0.2, -0.15) is 5.10 Å². The predicted molar refractivity (Wildman–Crippen MR) is 77.4 cm³/mol. The number of phenols is 1. The summed E-state index contributed by atoms with van der Waals surface area (Å²) in [6, 6.07) is 7.81. The highest BCUT2D eigenvalue weighted by molar-refractivity contribution is 6.31. The molecule has 0 aliphatic carbocycles. The topological polar surface area (TPSA) is 87.8 Å². The van der Waals surface area contributed by atoms with Gasteiger partial charge in [-0.15, -0.1) is 0 Å². The van der Waals surface area contributed by atoms with Crippen molar-refractivity contribution in [2.75, 3.05) is 5.43 Å². The van der Waals surface area contributed by atoms with Gasteiger partial charge in [0, 0.05) is 16.7 Å². The molecular weight excluding hydrogens is 301 g/mol. The molecule has 0 atom stereocenters. The maximum atomic E-state index is 12.7. The van der Waals surface area contributed by atoms with E-state index in [2.05, 4.69) is 10.5 Å². The van der Waals surface area contributed by atoms with E-state index in [0.29, 0.717) is 5.69 Å². The number of halogens is 2. The zero-order chi connectivity index (χ0) is 15.4. The van der Waals surface area contributed by atoms with Crippen LogP contribution in [0.4, 0.5) is 15.8 Å². The molecular formula is C13H9ClFN3O3. The van der Waals surface area contributed by atoms with E-state index in [0.717, 1.165) is 6.07 Å². The molecule has 2 aromatic rings. The molecule has 2 rings (SSSR count). The standard InChI is InChI=1S/C13H9ClFN3O3/c14-9-5-8(13(19)12(6-9)18(20)21)7-16-17-11-3-1-10(15)2-4-11/h1-7,17,19H/b16-7-. The zero-order valence-corrected chi connectivity index (χ0v) is 11.2. The molecule has 2 N–H and O–H groups in total. The highest BCUT2D eigenvalue weighted by Gasteiger charge is 2.17. The van der Waals surface area contributed by atoms with Gasteiger partial charge in [-0.3, -0.25) is 15.5 Å². The number of nitro groups is 1. The van der Waals surface area contributed by atoms with Gasteiger partial charge in [0.15, 0.2) is 0 Å². The molecule has 0 spiro atoms. The first-order chi connectivity index (χ1) is 9.97. The fraction of sp³-hybridized carbons (Fsp3) is 0. The second-order valence-corrected chi connectivity index (χ2v) is 4.43. The Kier molecular flexibility index (Phi) is 4.34. The lowest BCUT2D eigenvalue weighted by Gasteiger charge is -2.02. The Labute approximate surface area is 123 Å². The number of hydrogen-bond acceptors (Lipinski definition) is 5. The fourth-order valence-corrected chi connectivity index (χ4v) is 1.76. The molecule has 0 radical (unpaired) electrons. The molecule has 0 aliphatic rings. The number of nitrogens with zero attached hydrogens (tertiary/aromatic N) is 2.